The summed E-state index contributed by atoms with van der Waals surface area (Å²) in [6, 6.07) is 12.1. The molecule has 3 aromatic rings. The average molecular weight is 327 g/mol. The highest BCUT2D eigenvalue weighted by Gasteiger charge is 2.27. The number of pyridine rings is 1. The number of benzene rings is 1. The molecule has 1 saturated heterocycles. The first kappa shape index (κ1) is 14.4. The second-order valence-electron chi connectivity index (χ2n) is 5.85. The van der Waals surface area contributed by atoms with E-state index in [0.717, 1.165) is 34.1 Å². The van der Waals surface area contributed by atoms with Crippen molar-refractivity contribution in [3.8, 4) is 11.3 Å². The van der Waals surface area contributed by atoms with Crippen LogP contribution in [0.5, 0.6) is 0 Å². The molecule has 1 aliphatic rings. The average Bonchev–Trinajstić information content (AvgIpc) is 3.11. The number of rotatable bonds is 3. The Morgan fingerprint density at radius 3 is 2.91 bits per heavy atom. The maximum Gasteiger partial charge on any atom is 0.214 e. The Bertz CT molecular complexity index is 930. The summed E-state index contributed by atoms with van der Waals surface area (Å²) in [6.07, 6.45) is 4.30. The lowest BCUT2D eigenvalue weighted by atomic mass is 10.1. The highest BCUT2D eigenvalue weighted by atomic mass is 32.2. The third-order valence-corrected chi connectivity index (χ3v) is 6.13. The minimum atomic E-state index is -3.07. The van der Waals surface area contributed by atoms with Crippen molar-refractivity contribution in [3.05, 3.63) is 54.4 Å². The van der Waals surface area contributed by atoms with Crippen molar-refractivity contribution in [3.63, 3.8) is 0 Å². The van der Waals surface area contributed by atoms with E-state index in [9.17, 15) is 8.42 Å². The molecule has 4 rings (SSSR count). The molecule has 0 radical (unpaired) electrons. The molecule has 1 aliphatic heterocycles. The van der Waals surface area contributed by atoms with Crippen LogP contribution >= 0.6 is 0 Å². The zero-order valence-corrected chi connectivity index (χ0v) is 13.4. The fourth-order valence-corrected chi connectivity index (χ4v) is 4.54. The largest absolute Gasteiger partial charge is 0.353 e. The number of nitrogens with zero attached hydrogens (tertiary/aromatic N) is 2. The Morgan fingerprint density at radius 2 is 2.13 bits per heavy atom. The van der Waals surface area contributed by atoms with Crippen molar-refractivity contribution in [1.29, 1.82) is 0 Å². The third-order valence-electron chi connectivity index (χ3n) is 4.22. The van der Waals surface area contributed by atoms with Gasteiger partial charge in [0, 0.05) is 30.4 Å². The molecular weight excluding hydrogens is 310 g/mol. The Kier molecular flexibility index (Phi) is 3.43. The quantitative estimate of drug-likeness (QED) is 0.804. The molecule has 0 bridgehead atoms. The fraction of sp³-hybridized carbons (Fsp3) is 0.235. The number of H-pyrrole nitrogens is 1. The molecule has 23 heavy (non-hydrogen) atoms. The second-order valence-corrected chi connectivity index (χ2v) is 7.94. The summed E-state index contributed by atoms with van der Waals surface area (Å²) in [5, 5.41) is 1.11. The van der Waals surface area contributed by atoms with Gasteiger partial charge in [0.25, 0.3) is 0 Å². The monoisotopic (exact) mass is 327 g/mol. The molecular formula is C17H17N3O2S. The molecule has 0 unspecified atom stereocenters. The van der Waals surface area contributed by atoms with Crippen LogP contribution in [0.15, 0.2) is 48.8 Å². The zero-order valence-electron chi connectivity index (χ0n) is 12.6. The van der Waals surface area contributed by atoms with Crippen molar-refractivity contribution in [2.45, 2.75) is 13.0 Å². The van der Waals surface area contributed by atoms with Crippen LogP contribution in [0.4, 0.5) is 0 Å². The van der Waals surface area contributed by atoms with Crippen molar-refractivity contribution in [2.24, 2.45) is 0 Å². The Labute approximate surface area is 135 Å². The van der Waals surface area contributed by atoms with Gasteiger partial charge in [-0.1, -0.05) is 18.2 Å². The molecule has 1 N–H and O–H groups in total. The van der Waals surface area contributed by atoms with Crippen LogP contribution in [-0.2, 0) is 16.6 Å². The van der Waals surface area contributed by atoms with Gasteiger partial charge in [0.1, 0.15) is 0 Å². The smallest absolute Gasteiger partial charge is 0.214 e. The first-order chi connectivity index (χ1) is 11.1. The molecule has 0 aliphatic carbocycles. The van der Waals surface area contributed by atoms with Crippen LogP contribution in [0, 0.1) is 0 Å². The number of hydrogen-bond acceptors (Lipinski definition) is 3. The van der Waals surface area contributed by atoms with Crippen molar-refractivity contribution < 1.29 is 8.42 Å². The van der Waals surface area contributed by atoms with Crippen LogP contribution in [0.3, 0.4) is 0 Å². The summed E-state index contributed by atoms with van der Waals surface area (Å²) < 4.78 is 25.5. The summed E-state index contributed by atoms with van der Waals surface area (Å²) in [4.78, 5) is 7.47. The first-order valence-electron chi connectivity index (χ1n) is 7.62. The molecule has 5 nitrogen and oxygen atoms in total. The highest BCUT2D eigenvalue weighted by molar-refractivity contribution is 7.89. The SMILES string of the molecule is O=S1(=O)CCCN1Cc1cccc(-c2cc3ccncc3[nH]2)c1. The van der Waals surface area contributed by atoms with Crippen LogP contribution in [-0.4, -0.2) is 35.0 Å². The van der Waals surface area contributed by atoms with Gasteiger partial charge in [-0.05, 0) is 35.7 Å². The maximum absolute atomic E-state index is 12.0. The standard InChI is InChI=1S/C17H17N3O2S/c21-23(22)8-2-7-20(23)12-13-3-1-4-14(9-13)16-10-15-5-6-18-11-17(15)19-16/h1,3-6,9-11,19H,2,7-8,12H2. The van der Waals surface area contributed by atoms with Gasteiger partial charge in [-0.15, -0.1) is 0 Å². The minimum absolute atomic E-state index is 0.266. The Morgan fingerprint density at radius 1 is 1.22 bits per heavy atom. The minimum Gasteiger partial charge on any atom is -0.353 e. The van der Waals surface area contributed by atoms with Crippen LogP contribution < -0.4 is 0 Å². The van der Waals surface area contributed by atoms with E-state index in [-0.39, 0.29) is 5.75 Å². The normalized spacial score (nSPS) is 17.7. The topological polar surface area (TPSA) is 66.1 Å². The maximum atomic E-state index is 12.0. The molecule has 1 aromatic carbocycles. The van der Waals surface area contributed by atoms with Gasteiger partial charge in [-0.25, -0.2) is 8.42 Å². The highest BCUT2D eigenvalue weighted by Crippen LogP contribution is 2.25. The Balaban J connectivity index is 1.66. The summed E-state index contributed by atoms with van der Waals surface area (Å²) in [5.41, 5.74) is 4.06. The molecule has 2 aromatic heterocycles. The number of aromatic nitrogens is 2. The van der Waals surface area contributed by atoms with E-state index in [1.165, 1.54) is 0 Å². The van der Waals surface area contributed by atoms with Gasteiger partial charge < -0.3 is 4.98 Å². The number of aromatic amines is 1. The fourth-order valence-electron chi connectivity index (χ4n) is 3.04. The van der Waals surface area contributed by atoms with Gasteiger partial charge in [0.2, 0.25) is 10.0 Å². The number of fused-ring (bicyclic) bond motifs is 1. The van der Waals surface area contributed by atoms with Crippen LogP contribution in [0.2, 0.25) is 0 Å². The molecule has 0 saturated carbocycles. The first-order valence-corrected chi connectivity index (χ1v) is 9.23. The van der Waals surface area contributed by atoms with Gasteiger partial charge in [0.05, 0.1) is 17.5 Å². The summed E-state index contributed by atoms with van der Waals surface area (Å²) in [5.74, 6) is 0.266. The predicted molar refractivity (Wildman–Crippen MR) is 90.3 cm³/mol. The van der Waals surface area contributed by atoms with Crippen molar-refractivity contribution in [2.75, 3.05) is 12.3 Å². The second kappa shape index (κ2) is 5.47. The molecule has 0 spiro atoms. The van der Waals surface area contributed by atoms with E-state index in [1.54, 1.807) is 16.7 Å². The molecule has 0 atom stereocenters. The van der Waals surface area contributed by atoms with E-state index >= 15 is 0 Å². The summed E-state index contributed by atoms with van der Waals surface area (Å²) in [6.45, 7) is 1.06. The van der Waals surface area contributed by atoms with Crippen molar-refractivity contribution >= 4 is 20.9 Å². The van der Waals surface area contributed by atoms with E-state index in [4.69, 9.17) is 0 Å². The van der Waals surface area contributed by atoms with E-state index < -0.39 is 10.0 Å². The van der Waals surface area contributed by atoms with Crippen LogP contribution in [0.1, 0.15) is 12.0 Å². The van der Waals surface area contributed by atoms with Gasteiger partial charge >= 0.3 is 0 Å². The summed E-state index contributed by atoms with van der Waals surface area (Å²) >= 11 is 0. The van der Waals surface area contributed by atoms with Crippen molar-refractivity contribution in [1.82, 2.24) is 14.3 Å². The van der Waals surface area contributed by atoms with E-state index in [1.807, 2.05) is 30.3 Å². The zero-order chi connectivity index (χ0) is 15.9. The molecule has 6 heteroatoms. The molecule has 1 fully saturated rings. The molecule has 118 valence electrons. The lowest BCUT2D eigenvalue weighted by Gasteiger charge is -2.14. The lowest BCUT2D eigenvalue weighted by Crippen LogP contribution is -2.25. The summed E-state index contributed by atoms with van der Waals surface area (Å²) in [7, 11) is -3.07. The molecule has 3 heterocycles. The number of sulfonamides is 1. The molecule has 0 amide bonds. The predicted octanol–water partition coefficient (Wildman–Crippen LogP) is 2.77. The van der Waals surface area contributed by atoms with E-state index in [2.05, 4.69) is 16.0 Å². The number of hydrogen-bond donors (Lipinski definition) is 1. The number of nitrogens with one attached hydrogen (secondary N) is 1. The Hall–Kier alpha value is -2.18. The van der Waals surface area contributed by atoms with Crippen LogP contribution in [0.25, 0.3) is 22.2 Å². The van der Waals surface area contributed by atoms with Gasteiger partial charge in [0.15, 0.2) is 0 Å². The van der Waals surface area contributed by atoms with E-state index in [0.29, 0.717) is 13.1 Å². The van der Waals surface area contributed by atoms with Gasteiger partial charge in [-0.3, -0.25) is 4.98 Å². The van der Waals surface area contributed by atoms with Gasteiger partial charge in [-0.2, -0.15) is 4.31 Å². The third kappa shape index (κ3) is 2.75. The lowest BCUT2D eigenvalue weighted by molar-refractivity contribution is 0.440.